The summed E-state index contributed by atoms with van der Waals surface area (Å²) >= 11 is 7.85. The van der Waals surface area contributed by atoms with Gasteiger partial charge in [-0.1, -0.05) is 72.4 Å². The van der Waals surface area contributed by atoms with Gasteiger partial charge in [-0.05, 0) is 55.7 Å². The van der Waals surface area contributed by atoms with Gasteiger partial charge in [0, 0.05) is 4.90 Å². The fraction of sp³-hybridized carbons (Fsp3) is 0.200. The van der Waals surface area contributed by atoms with Gasteiger partial charge in [0.05, 0.1) is 22.1 Å². The lowest BCUT2D eigenvalue weighted by atomic mass is 9.86. The first kappa shape index (κ1) is 18.6. The van der Waals surface area contributed by atoms with E-state index in [-0.39, 0.29) is 10.7 Å². The summed E-state index contributed by atoms with van der Waals surface area (Å²) in [4.78, 5) is 2.18. The molecule has 0 bridgehead atoms. The normalized spacial score (nSPS) is 19.6. The molecule has 2 nitrogen and oxygen atoms in total. The van der Waals surface area contributed by atoms with Gasteiger partial charge in [-0.25, -0.2) is 5.01 Å². The lowest BCUT2D eigenvalue weighted by Crippen LogP contribution is -2.37. The Hall–Kier alpha value is -2.43. The van der Waals surface area contributed by atoms with Crippen molar-refractivity contribution in [2.75, 3.05) is 5.01 Å². The number of aryl methyl sites for hydroxylation is 1. The van der Waals surface area contributed by atoms with Gasteiger partial charge in [-0.15, -0.1) is 11.8 Å². The number of benzene rings is 3. The molecule has 0 fully saturated rings. The Labute approximate surface area is 181 Å². The van der Waals surface area contributed by atoms with Crippen LogP contribution in [0.25, 0.3) is 11.1 Å². The van der Waals surface area contributed by atoms with E-state index in [2.05, 4.69) is 87.5 Å². The molecule has 0 spiro atoms. The highest BCUT2D eigenvalue weighted by Crippen LogP contribution is 2.50. The fourth-order valence-electron chi connectivity index (χ4n) is 4.13. The fourth-order valence-corrected chi connectivity index (χ4v) is 5.76. The first-order valence-electron chi connectivity index (χ1n) is 9.82. The second-order valence-corrected chi connectivity index (χ2v) is 10.2. The van der Waals surface area contributed by atoms with Crippen molar-refractivity contribution in [1.82, 2.24) is 0 Å². The van der Waals surface area contributed by atoms with Crippen LogP contribution in [-0.4, -0.2) is 15.4 Å². The lowest BCUT2D eigenvalue weighted by molar-refractivity contribution is 0.890. The zero-order valence-electron chi connectivity index (χ0n) is 16.7. The molecule has 1 unspecified atom stereocenters. The van der Waals surface area contributed by atoms with E-state index < -0.39 is 0 Å². The van der Waals surface area contributed by atoms with E-state index in [1.165, 1.54) is 27.1 Å². The summed E-state index contributed by atoms with van der Waals surface area (Å²) in [5.41, 5.74) is 7.13. The van der Waals surface area contributed by atoms with Crippen molar-refractivity contribution in [3.05, 3.63) is 83.9 Å². The highest BCUT2D eigenvalue weighted by molar-refractivity contribution is 8.01. The second-order valence-electron chi connectivity index (χ2n) is 8.13. The summed E-state index contributed by atoms with van der Waals surface area (Å²) in [6.45, 7) is 6.63. The van der Waals surface area contributed by atoms with Gasteiger partial charge in [-0.3, -0.25) is 0 Å². The maximum Gasteiger partial charge on any atom is 0.118 e. The highest BCUT2D eigenvalue weighted by Gasteiger charge is 2.47. The molecule has 29 heavy (non-hydrogen) atoms. The third-order valence-electron chi connectivity index (χ3n) is 5.61. The van der Waals surface area contributed by atoms with Gasteiger partial charge in [0.15, 0.2) is 0 Å². The van der Waals surface area contributed by atoms with Crippen LogP contribution in [0.4, 0.5) is 5.69 Å². The van der Waals surface area contributed by atoms with Crippen LogP contribution >= 0.6 is 24.0 Å². The molecule has 2 heterocycles. The Balaban J connectivity index is 1.54. The summed E-state index contributed by atoms with van der Waals surface area (Å²) in [5.74, 6) is 0.0740. The molecule has 2 aliphatic heterocycles. The van der Waals surface area contributed by atoms with Crippen LogP contribution in [-0.2, 0) is 0 Å². The molecule has 144 valence electrons. The van der Waals surface area contributed by atoms with Crippen molar-refractivity contribution >= 4 is 40.4 Å². The largest absolute Gasteiger partial charge is 0.226 e. The van der Waals surface area contributed by atoms with Crippen LogP contribution in [0.2, 0.25) is 0 Å². The molecule has 3 aromatic carbocycles. The number of thiocarbonyl (C=S) groups is 1. The minimum Gasteiger partial charge on any atom is -0.226 e. The molecule has 4 heteroatoms. The summed E-state index contributed by atoms with van der Waals surface area (Å²) in [6.07, 6.45) is 0. The molecular formula is C25H22N2S2. The average Bonchev–Trinajstić information content (AvgIpc) is 3.08. The standard InChI is InChI=1S/C25H22N2S2/c1-16-9-14-21-20(15-16)22-23(25(2,3)29-21)26-27(24(22)28)19-12-10-18(11-13-19)17-7-5-4-6-8-17/h4-15,22H,1-3H3. The molecular weight excluding hydrogens is 392 g/mol. The molecule has 0 saturated carbocycles. The van der Waals surface area contributed by atoms with Crippen molar-refractivity contribution in [2.45, 2.75) is 36.3 Å². The molecule has 3 aromatic rings. The first-order valence-corrected chi connectivity index (χ1v) is 11.0. The van der Waals surface area contributed by atoms with E-state index in [0.717, 1.165) is 16.4 Å². The molecule has 1 atom stereocenters. The van der Waals surface area contributed by atoms with Crippen LogP contribution in [0, 0.1) is 6.92 Å². The van der Waals surface area contributed by atoms with Gasteiger partial charge < -0.3 is 0 Å². The van der Waals surface area contributed by atoms with Crippen molar-refractivity contribution in [2.24, 2.45) is 5.10 Å². The van der Waals surface area contributed by atoms with Crippen molar-refractivity contribution in [1.29, 1.82) is 0 Å². The molecule has 0 saturated heterocycles. The van der Waals surface area contributed by atoms with Crippen LogP contribution in [0.5, 0.6) is 0 Å². The number of hydrazone groups is 1. The maximum atomic E-state index is 5.97. The van der Waals surface area contributed by atoms with Gasteiger partial charge in [0.25, 0.3) is 0 Å². The third-order valence-corrected chi connectivity index (χ3v) is 7.33. The van der Waals surface area contributed by atoms with E-state index in [9.17, 15) is 0 Å². The maximum absolute atomic E-state index is 5.97. The van der Waals surface area contributed by atoms with Crippen molar-refractivity contribution in [3.8, 4) is 11.1 Å². The molecule has 0 radical (unpaired) electrons. The highest BCUT2D eigenvalue weighted by atomic mass is 32.2. The Morgan fingerprint density at radius 3 is 2.34 bits per heavy atom. The molecule has 2 aliphatic rings. The number of rotatable bonds is 2. The number of nitrogens with zero attached hydrogens (tertiary/aromatic N) is 2. The summed E-state index contributed by atoms with van der Waals surface area (Å²) < 4.78 is -0.0876. The van der Waals surface area contributed by atoms with Gasteiger partial charge in [0.1, 0.15) is 4.99 Å². The number of anilines is 1. The summed E-state index contributed by atoms with van der Waals surface area (Å²) in [5, 5.41) is 7.00. The zero-order chi connectivity index (χ0) is 20.2. The monoisotopic (exact) mass is 414 g/mol. The molecule has 0 aliphatic carbocycles. The Bertz CT molecular complexity index is 1130. The van der Waals surface area contributed by atoms with Crippen LogP contribution < -0.4 is 5.01 Å². The third kappa shape index (κ3) is 3.11. The summed E-state index contributed by atoms with van der Waals surface area (Å²) in [7, 11) is 0. The van der Waals surface area contributed by atoms with Crippen LogP contribution in [0.1, 0.15) is 30.9 Å². The SMILES string of the molecule is Cc1ccc2c(c1)C1C(=S)N(c3ccc(-c4ccccc4)cc3)N=C1C(C)(C)S2. The quantitative estimate of drug-likeness (QED) is 0.427. The van der Waals surface area contributed by atoms with E-state index in [4.69, 9.17) is 17.3 Å². The predicted octanol–water partition coefficient (Wildman–Crippen LogP) is 6.83. The van der Waals surface area contributed by atoms with Gasteiger partial charge in [0.2, 0.25) is 0 Å². The Kier molecular flexibility index (Phi) is 4.37. The number of fused-ring (bicyclic) bond motifs is 3. The van der Waals surface area contributed by atoms with Gasteiger partial charge >= 0.3 is 0 Å². The minimum atomic E-state index is -0.0876. The average molecular weight is 415 g/mol. The van der Waals surface area contributed by atoms with Crippen molar-refractivity contribution < 1.29 is 0 Å². The molecule has 5 rings (SSSR count). The van der Waals surface area contributed by atoms with Crippen LogP contribution in [0.3, 0.4) is 0 Å². The van der Waals surface area contributed by atoms with Gasteiger partial charge in [-0.2, -0.15) is 5.10 Å². The minimum absolute atomic E-state index is 0.0740. The van der Waals surface area contributed by atoms with Crippen LogP contribution in [0.15, 0.2) is 82.8 Å². The Morgan fingerprint density at radius 1 is 0.931 bits per heavy atom. The van der Waals surface area contributed by atoms with E-state index in [1.807, 2.05) is 22.8 Å². The smallest absolute Gasteiger partial charge is 0.118 e. The zero-order valence-corrected chi connectivity index (χ0v) is 18.3. The second kappa shape index (κ2) is 6.82. The Morgan fingerprint density at radius 2 is 1.62 bits per heavy atom. The lowest BCUT2D eigenvalue weighted by Gasteiger charge is -2.34. The summed E-state index contributed by atoms with van der Waals surface area (Å²) in [6, 6.07) is 25.6. The molecule has 0 aromatic heterocycles. The first-order chi connectivity index (χ1) is 13.9. The molecule has 0 amide bonds. The number of thioether (sulfide) groups is 1. The number of hydrogen-bond acceptors (Lipinski definition) is 3. The van der Waals surface area contributed by atoms with E-state index >= 15 is 0 Å². The predicted molar refractivity (Wildman–Crippen MR) is 128 cm³/mol. The topological polar surface area (TPSA) is 15.6 Å². The van der Waals surface area contributed by atoms with E-state index in [0.29, 0.717) is 0 Å². The van der Waals surface area contributed by atoms with E-state index in [1.54, 1.807) is 0 Å². The molecule has 0 N–H and O–H groups in total. The van der Waals surface area contributed by atoms with Crippen molar-refractivity contribution in [3.63, 3.8) is 0 Å². The number of hydrogen-bond donors (Lipinski definition) is 0.